The van der Waals surface area contributed by atoms with Gasteiger partial charge in [0.25, 0.3) is 0 Å². The van der Waals surface area contributed by atoms with Crippen molar-refractivity contribution in [1.82, 2.24) is 4.72 Å². The number of rotatable bonds is 6. The van der Waals surface area contributed by atoms with Crippen LogP contribution in [-0.2, 0) is 14.8 Å². The second-order valence-corrected chi connectivity index (χ2v) is 9.89. The van der Waals surface area contributed by atoms with Crippen molar-refractivity contribution in [1.29, 1.82) is 0 Å². The van der Waals surface area contributed by atoms with Crippen LogP contribution in [0.3, 0.4) is 0 Å². The van der Waals surface area contributed by atoms with Crippen molar-refractivity contribution in [2.75, 3.05) is 0 Å². The monoisotopic (exact) mass is 415 g/mol. The van der Waals surface area contributed by atoms with Gasteiger partial charge in [-0.2, -0.15) is 4.72 Å². The highest BCUT2D eigenvalue weighted by molar-refractivity contribution is 7.89. The van der Waals surface area contributed by atoms with Crippen LogP contribution in [0.25, 0.3) is 21.9 Å². The lowest BCUT2D eigenvalue weighted by Crippen LogP contribution is -2.44. The van der Waals surface area contributed by atoms with E-state index in [1.54, 1.807) is 19.9 Å². The van der Waals surface area contributed by atoms with Gasteiger partial charge in [-0.15, -0.1) is 0 Å². The van der Waals surface area contributed by atoms with Crippen LogP contribution in [0.15, 0.2) is 45.7 Å². The molecule has 1 heterocycles. The van der Waals surface area contributed by atoms with Crippen molar-refractivity contribution in [2.45, 2.75) is 56.4 Å². The zero-order valence-electron chi connectivity index (χ0n) is 16.5. The van der Waals surface area contributed by atoms with Gasteiger partial charge in [-0.25, -0.2) is 8.42 Å². The first-order valence-corrected chi connectivity index (χ1v) is 11.5. The predicted molar refractivity (Wildman–Crippen MR) is 112 cm³/mol. The van der Waals surface area contributed by atoms with Crippen LogP contribution in [-0.4, -0.2) is 25.5 Å². The van der Waals surface area contributed by atoms with E-state index in [0.717, 1.165) is 16.4 Å². The van der Waals surface area contributed by atoms with Gasteiger partial charge >= 0.3 is 5.97 Å². The minimum Gasteiger partial charge on any atom is -0.480 e. The second-order valence-electron chi connectivity index (χ2n) is 8.18. The quantitative estimate of drug-likeness (QED) is 0.612. The highest BCUT2D eigenvalue weighted by Gasteiger charge is 2.28. The number of carboxylic acid groups (broad SMARTS) is 1. The topological polar surface area (TPSA) is 96.6 Å². The zero-order chi connectivity index (χ0) is 20.8. The number of aliphatic carboxylic acids is 1. The van der Waals surface area contributed by atoms with E-state index in [9.17, 15) is 18.3 Å². The van der Waals surface area contributed by atoms with Gasteiger partial charge in [0.15, 0.2) is 0 Å². The summed E-state index contributed by atoms with van der Waals surface area (Å²) in [6, 6.07) is 9.71. The summed E-state index contributed by atoms with van der Waals surface area (Å²) >= 11 is 0. The summed E-state index contributed by atoms with van der Waals surface area (Å²) in [7, 11) is -3.99. The zero-order valence-corrected chi connectivity index (χ0v) is 17.3. The summed E-state index contributed by atoms with van der Waals surface area (Å²) in [6.45, 7) is 3.32. The molecule has 2 aromatic carbocycles. The Bertz CT molecular complexity index is 1170. The number of sulfonamides is 1. The molecule has 0 amide bonds. The lowest BCUT2D eigenvalue weighted by Gasteiger charge is -2.17. The number of carboxylic acids is 1. The van der Waals surface area contributed by atoms with E-state index in [2.05, 4.69) is 16.9 Å². The fourth-order valence-electron chi connectivity index (χ4n) is 4.16. The number of nitrogens with one attached hydrogen (secondary N) is 1. The Morgan fingerprint density at radius 2 is 1.79 bits per heavy atom. The number of carbonyl (C=O) groups is 1. The Balaban J connectivity index is 1.72. The fourth-order valence-corrected chi connectivity index (χ4v) is 5.51. The summed E-state index contributed by atoms with van der Waals surface area (Å²) in [5.41, 5.74) is 2.50. The molecule has 7 heteroatoms. The van der Waals surface area contributed by atoms with Crippen LogP contribution in [0.4, 0.5) is 0 Å². The van der Waals surface area contributed by atoms with Crippen molar-refractivity contribution in [3.8, 4) is 0 Å². The fraction of sp³-hybridized carbons (Fsp3) is 0.409. The Hall–Kier alpha value is -2.38. The van der Waals surface area contributed by atoms with Crippen molar-refractivity contribution < 1.29 is 22.7 Å². The molecule has 6 nitrogen and oxygen atoms in total. The molecule has 154 valence electrons. The third-order valence-corrected chi connectivity index (χ3v) is 7.26. The van der Waals surface area contributed by atoms with Crippen molar-refractivity contribution in [3.05, 3.63) is 42.0 Å². The summed E-state index contributed by atoms with van der Waals surface area (Å²) < 4.78 is 33.6. The van der Waals surface area contributed by atoms with Gasteiger partial charge in [0.2, 0.25) is 10.0 Å². The van der Waals surface area contributed by atoms with Gasteiger partial charge in [-0.05, 0) is 54.5 Å². The van der Waals surface area contributed by atoms with Crippen LogP contribution in [0, 0.1) is 5.92 Å². The molecule has 1 atom stereocenters. The smallest absolute Gasteiger partial charge is 0.322 e. The van der Waals surface area contributed by atoms with E-state index in [4.69, 9.17) is 4.42 Å². The molecule has 0 aliphatic heterocycles. The van der Waals surface area contributed by atoms with Crippen molar-refractivity contribution >= 4 is 37.9 Å². The van der Waals surface area contributed by atoms with Gasteiger partial charge in [0.05, 0.1) is 4.90 Å². The first-order valence-electron chi connectivity index (χ1n) is 9.97. The van der Waals surface area contributed by atoms with Gasteiger partial charge < -0.3 is 9.52 Å². The van der Waals surface area contributed by atoms with E-state index in [1.807, 2.05) is 6.07 Å². The lowest BCUT2D eigenvalue weighted by atomic mass is 9.96. The minimum absolute atomic E-state index is 0.00743. The molecule has 0 bridgehead atoms. The molecule has 1 aromatic heterocycles. The summed E-state index contributed by atoms with van der Waals surface area (Å²) in [6.07, 6.45) is 4.93. The Labute approximate surface area is 169 Å². The van der Waals surface area contributed by atoms with Crippen LogP contribution < -0.4 is 4.72 Å². The molecule has 29 heavy (non-hydrogen) atoms. The van der Waals surface area contributed by atoms with Gasteiger partial charge in [0, 0.05) is 16.8 Å². The lowest BCUT2D eigenvalue weighted by molar-refractivity contribution is -0.140. The van der Waals surface area contributed by atoms with Crippen LogP contribution in [0.5, 0.6) is 0 Å². The molecule has 1 aliphatic rings. The maximum atomic E-state index is 12.7. The van der Waals surface area contributed by atoms with Crippen molar-refractivity contribution in [2.24, 2.45) is 5.92 Å². The molecule has 1 fully saturated rings. The highest BCUT2D eigenvalue weighted by Crippen LogP contribution is 2.38. The average molecular weight is 416 g/mol. The maximum absolute atomic E-state index is 12.7. The van der Waals surface area contributed by atoms with Gasteiger partial charge in [0.1, 0.15) is 17.2 Å². The SMILES string of the molecule is CC(C)[C@H](NS(=O)(=O)c1ccc2c(c1)oc1ccc(C3CCCC3)cc12)C(=O)O. The number of hydrogen-bond donors (Lipinski definition) is 2. The van der Waals surface area contributed by atoms with E-state index in [-0.39, 0.29) is 10.8 Å². The van der Waals surface area contributed by atoms with Crippen LogP contribution in [0.2, 0.25) is 0 Å². The third-order valence-electron chi connectivity index (χ3n) is 5.82. The molecule has 0 unspecified atom stereocenters. The third kappa shape index (κ3) is 3.76. The van der Waals surface area contributed by atoms with E-state index in [0.29, 0.717) is 11.5 Å². The van der Waals surface area contributed by atoms with Crippen LogP contribution in [0.1, 0.15) is 51.0 Å². The van der Waals surface area contributed by atoms with Gasteiger partial charge in [-0.3, -0.25) is 4.79 Å². The van der Waals surface area contributed by atoms with E-state index >= 15 is 0 Å². The first kappa shape index (κ1) is 19.9. The molecular formula is C22H25NO5S. The number of furan rings is 1. The molecule has 4 rings (SSSR count). The Kier molecular flexibility index (Phi) is 5.12. The largest absolute Gasteiger partial charge is 0.480 e. The Morgan fingerprint density at radius 1 is 1.07 bits per heavy atom. The molecule has 1 aliphatic carbocycles. The van der Waals surface area contributed by atoms with Crippen molar-refractivity contribution in [3.63, 3.8) is 0 Å². The predicted octanol–water partition coefficient (Wildman–Crippen LogP) is 4.63. The molecule has 2 N–H and O–H groups in total. The highest BCUT2D eigenvalue weighted by atomic mass is 32.2. The standard InChI is InChI=1S/C22H25NO5S/c1-13(2)21(22(24)25)23-29(26,27)16-8-9-17-18-11-15(14-5-3-4-6-14)7-10-19(18)28-20(17)12-16/h7-14,21,23H,3-6H2,1-2H3,(H,24,25)/t21-/m0/s1. The summed E-state index contributed by atoms with van der Waals surface area (Å²) in [5.74, 6) is -1.00. The maximum Gasteiger partial charge on any atom is 0.322 e. The second kappa shape index (κ2) is 7.46. The molecule has 1 saturated carbocycles. The van der Waals surface area contributed by atoms with Gasteiger partial charge in [-0.1, -0.05) is 32.8 Å². The molecule has 0 radical (unpaired) electrons. The number of hydrogen-bond acceptors (Lipinski definition) is 4. The number of fused-ring (bicyclic) bond motifs is 3. The Morgan fingerprint density at radius 3 is 2.45 bits per heavy atom. The molecule has 0 saturated heterocycles. The van der Waals surface area contributed by atoms with E-state index in [1.165, 1.54) is 43.4 Å². The molecule has 0 spiro atoms. The number of benzene rings is 2. The van der Waals surface area contributed by atoms with Crippen LogP contribution >= 0.6 is 0 Å². The summed E-state index contributed by atoms with van der Waals surface area (Å²) in [5, 5.41) is 11.1. The average Bonchev–Trinajstić information content (AvgIpc) is 3.32. The first-order chi connectivity index (χ1) is 13.8. The normalized spacial score (nSPS) is 16.8. The minimum atomic E-state index is -3.99. The van der Waals surface area contributed by atoms with E-state index < -0.39 is 22.0 Å². The summed E-state index contributed by atoms with van der Waals surface area (Å²) in [4.78, 5) is 11.4. The molecular weight excluding hydrogens is 390 g/mol. The molecule has 3 aromatic rings.